The lowest BCUT2D eigenvalue weighted by Crippen LogP contribution is -1.81. The molecule has 0 spiro atoms. The number of nitrogens with zero attached hydrogens (tertiary/aromatic N) is 1. The van der Waals surface area contributed by atoms with Gasteiger partial charge in [0.1, 0.15) is 0 Å². The maximum Gasteiger partial charge on any atom is 0.154 e. The standard InChI is InChI=1S/C10H8INS/c1-7-4-2-3-5-8(7)9-6-13-10(11)12-9/h2-6H,1H3. The van der Waals surface area contributed by atoms with Gasteiger partial charge in [0, 0.05) is 10.9 Å². The largest absolute Gasteiger partial charge is 0.230 e. The van der Waals surface area contributed by atoms with Gasteiger partial charge in [0.05, 0.1) is 5.69 Å². The molecule has 0 fully saturated rings. The number of benzene rings is 1. The molecule has 13 heavy (non-hydrogen) atoms. The van der Waals surface area contributed by atoms with Crippen LogP contribution >= 0.6 is 33.9 Å². The first-order valence-electron chi connectivity index (χ1n) is 3.94. The summed E-state index contributed by atoms with van der Waals surface area (Å²) in [6, 6.07) is 8.33. The van der Waals surface area contributed by atoms with Crippen molar-refractivity contribution in [1.82, 2.24) is 4.98 Å². The van der Waals surface area contributed by atoms with E-state index in [4.69, 9.17) is 0 Å². The number of hydrogen-bond acceptors (Lipinski definition) is 2. The second-order valence-corrected chi connectivity index (χ2v) is 5.41. The Morgan fingerprint density at radius 2 is 2.08 bits per heavy atom. The summed E-state index contributed by atoms with van der Waals surface area (Å²) in [5, 5.41) is 2.10. The van der Waals surface area contributed by atoms with E-state index >= 15 is 0 Å². The third-order valence-electron chi connectivity index (χ3n) is 1.90. The SMILES string of the molecule is Cc1ccccc1-c1csc(I)n1. The summed E-state index contributed by atoms with van der Waals surface area (Å²) in [5.74, 6) is 0. The van der Waals surface area contributed by atoms with Gasteiger partial charge in [-0.05, 0) is 35.1 Å². The zero-order valence-electron chi connectivity index (χ0n) is 7.12. The van der Waals surface area contributed by atoms with Crippen LogP contribution in [0, 0.1) is 9.94 Å². The molecular weight excluding hydrogens is 293 g/mol. The van der Waals surface area contributed by atoms with Gasteiger partial charge < -0.3 is 0 Å². The molecular formula is C10H8INS. The van der Waals surface area contributed by atoms with Gasteiger partial charge in [-0.1, -0.05) is 24.3 Å². The molecule has 0 unspecified atom stereocenters. The van der Waals surface area contributed by atoms with E-state index in [9.17, 15) is 0 Å². The molecule has 0 radical (unpaired) electrons. The second kappa shape index (κ2) is 3.75. The minimum Gasteiger partial charge on any atom is -0.230 e. The van der Waals surface area contributed by atoms with Gasteiger partial charge in [-0.2, -0.15) is 0 Å². The Bertz CT molecular complexity index is 422. The van der Waals surface area contributed by atoms with Crippen LogP contribution in [0.5, 0.6) is 0 Å². The van der Waals surface area contributed by atoms with Gasteiger partial charge in [0.2, 0.25) is 0 Å². The summed E-state index contributed by atoms with van der Waals surface area (Å²) in [4.78, 5) is 4.45. The molecule has 0 bridgehead atoms. The highest BCUT2D eigenvalue weighted by Crippen LogP contribution is 2.25. The van der Waals surface area contributed by atoms with Gasteiger partial charge in [-0.25, -0.2) is 4.98 Å². The minimum absolute atomic E-state index is 1.09. The zero-order valence-corrected chi connectivity index (χ0v) is 10.1. The molecule has 0 saturated heterocycles. The molecule has 0 saturated carbocycles. The first-order chi connectivity index (χ1) is 6.27. The quantitative estimate of drug-likeness (QED) is 0.732. The molecule has 66 valence electrons. The van der Waals surface area contributed by atoms with Gasteiger partial charge in [0.25, 0.3) is 0 Å². The predicted molar refractivity (Wildman–Crippen MR) is 65.0 cm³/mol. The van der Waals surface area contributed by atoms with Gasteiger partial charge in [-0.15, -0.1) is 11.3 Å². The summed E-state index contributed by atoms with van der Waals surface area (Å²) in [6.07, 6.45) is 0. The normalized spacial score (nSPS) is 10.3. The fraction of sp³-hybridized carbons (Fsp3) is 0.100. The molecule has 1 nitrogen and oxygen atoms in total. The Morgan fingerprint density at radius 3 is 2.69 bits per heavy atom. The van der Waals surface area contributed by atoms with Crippen LogP contribution in [0.1, 0.15) is 5.56 Å². The number of halogens is 1. The first-order valence-corrected chi connectivity index (χ1v) is 5.90. The van der Waals surface area contributed by atoms with E-state index in [2.05, 4.69) is 64.1 Å². The van der Waals surface area contributed by atoms with E-state index in [0.717, 1.165) is 8.71 Å². The van der Waals surface area contributed by atoms with Crippen LogP contribution in [0.4, 0.5) is 0 Å². The summed E-state index contributed by atoms with van der Waals surface area (Å²) >= 11 is 3.93. The van der Waals surface area contributed by atoms with Crippen molar-refractivity contribution in [2.24, 2.45) is 0 Å². The highest BCUT2D eigenvalue weighted by Gasteiger charge is 2.03. The van der Waals surface area contributed by atoms with E-state index in [1.807, 2.05) is 0 Å². The molecule has 1 aromatic heterocycles. The summed E-state index contributed by atoms with van der Waals surface area (Å²) in [6.45, 7) is 2.11. The van der Waals surface area contributed by atoms with E-state index in [0.29, 0.717) is 0 Å². The van der Waals surface area contributed by atoms with Gasteiger partial charge in [-0.3, -0.25) is 0 Å². The molecule has 0 aliphatic rings. The van der Waals surface area contributed by atoms with Crippen LogP contribution in [-0.2, 0) is 0 Å². The molecule has 1 aromatic carbocycles. The lowest BCUT2D eigenvalue weighted by molar-refractivity contribution is 1.34. The third kappa shape index (κ3) is 1.91. The van der Waals surface area contributed by atoms with Gasteiger partial charge >= 0.3 is 0 Å². The maximum atomic E-state index is 4.45. The van der Waals surface area contributed by atoms with E-state index in [1.165, 1.54) is 11.1 Å². The van der Waals surface area contributed by atoms with Crippen LogP contribution in [0.25, 0.3) is 11.3 Å². The molecule has 0 N–H and O–H groups in total. The maximum absolute atomic E-state index is 4.45. The molecule has 0 aliphatic carbocycles. The third-order valence-corrected chi connectivity index (χ3v) is 3.53. The summed E-state index contributed by atoms with van der Waals surface area (Å²) in [5.41, 5.74) is 3.61. The highest BCUT2D eigenvalue weighted by molar-refractivity contribution is 14.1. The molecule has 0 amide bonds. The summed E-state index contributed by atoms with van der Waals surface area (Å²) in [7, 11) is 0. The molecule has 0 atom stereocenters. The van der Waals surface area contributed by atoms with E-state index in [-0.39, 0.29) is 0 Å². The molecule has 2 rings (SSSR count). The number of aryl methyl sites for hydroxylation is 1. The number of rotatable bonds is 1. The minimum atomic E-state index is 1.09. The number of hydrogen-bond donors (Lipinski definition) is 0. The Kier molecular flexibility index (Phi) is 2.64. The van der Waals surface area contributed by atoms with E-state index in [1.54, 1.807) is 11.3 Å². The average molecular weight is 301 g/mol. The van der Waals surface area contributed by atoms with Crippen molar-refractivity contribution >= 4 is 33.9 Å². The molecule has 2 aromatic rings. The summed E-state index contributed by atoms with van der Waals surface area (Å²) < 4.78 is 1.09. The highest BCUT2D eigenvalue weighted by atomic mass is 127. The van der Waals surface area contributed by atoms with Crippen LogP contribution in [0.3, 0.4) is 0 Å². The molecule has 0 aliphatic heterocycles. The molecule has 1 heterocycles. The Hall–Kier alpha value is -0.420. The fourth-order valence-corrected chi connectivity index (χ4v) is 2.42. The average Bonchev–Trinajstić information content (AvgIpc) is 2.53. The lowest BCUT2D eigenvalue weighted by atomic mass is 10.1. The fourth-order valence-electron chi connectivity index (χ4n) is 1.24. The second-order valence-electron chi connectivity index (χ2n) is 2.80. The van der Waals surface area contributed by atoms with Crippen molar-refractivity contribution in [3.8, 4) is 11.3 Å². The number of aromatic nitrogens is 1. The van der Waals surface area contributed by atoms with E-state index < -0.39 is 0 Å². The van der Waals surface area contributed by atoms with Crippen LogP contribution in [0.15, 0.2) is 29.6 Å². The lowest BCUT2D eigenvalue weighted by Gasteiger charge is -1.99. The predicted octanol–water partition coefficient (Wildman–Crippen LogP) is 3.72. The smallest absolute Gasteiger partial charge is 0.154 e. The van der Waals surface area contributed by atoms with Gasteiger partial charge in [0.15, 0.2) is 3.01 Å². The van der Waals surface area contributed by atoms with Crippen molar-refractivity contribution in [1.29, 1.82) is 0 Å². The number of thiazole rings is 1. The topological polar surface area (TPSA) is 12.9 Å². The molecule has 3 heteroatoms. The monoisotopic (exact) mass is 301 g/mol. The van der Waals surface area contributed by atoms with Crippen molar-refractivity contribution in [3.63, 3.8) is 0 Å². The van der Waals surface area contributed by atoms with Crippen molar-refractivity contribution < 1.29 is 0 Å². The Labute approximate surface area is 95.0 Å². The Morgan fingerprint density at radius 1 is 1.31 bits per heavy atom. The van der Waals surface area contributed by atoms with Crippen LogP contribution < -0.4 is 0 Å². The van der Waals surface area contributed by atoms with Crippen molar-refractivity contribution in [3.05, 3.63) is 38.2 Å². The van der Waals surface area contributed by atoms with Crippen molar-refractivity contribution in [2.45, 2.75) is 6.92 Å². The van der Waals surface area contributed by atoms with Crippen LogP contribution in [0.2, 0.25) is 0 Å². The van der Waals surface area contributed by atoms with Crippen molar-refractivity contribution in [2.75, 3.05) is 0 Å². The first kappa shape index (κ1) is 9.15. The van der Waals surface area contributed by atoms with Crippen LogP contribution in [-0.4, -0.2) is 4.98 Å². The Balaban J connectivity index is 2.52. The zero-order chi connectivity index (χ0) is 9.26.